The van der Waals surface area contributed by atoms with Gasteiger partial charge in [0, 0.05) is 17.5 Å². The lowest BCUT2D eigenvalue weighted by Gasteiger charge is -2.10. The number of carbonyl (C=O) groups excluding carboxylic acids is 1. The molecular weight excluding hydrogens is 320 g/mol. The Hall–Kier alpha value is -3.08. The Morgan fingerprint density at radius 1 is 1.04 bits per heavy atom. The number of fused-ring (bicyclic) bond motifs is 1. The smallest absolute Gasteiger partial charge is 0.349 e. The van der Waals surface area contributed by atoms with E-state index in [-0.39, 0.29) is 12.5 Å². The van der Waals surface area contributed by atoms with Crippen molar-refractivity contribution >= 4 is 16.9 Å². The van der Waals surface area contributed by atoms with Crippen molar-refractivity contribution < 1.29 is 18.7 Å². The monoisotopic (exact) mass is 338 g/mol. The second kappa shape index (κ2) is 7.21. The molecule has 0 aliphatic heterocycles. The minimum atomic E-state index is -0.537. The van der Waals surface area contributed by atoms with E-state index in [0.717, 1.165) is 10.9 Å². The molecule has 0 saturated carbocycles. The Bertz CT molecular complexity index is 941. The molecule has 0 aliphatic rings. The standard InChI is InChI=1S/C20H18O5/c1-13(2)17-11-19(21)25-18-10-15(8-9-16(17)18)24-20(22)12-23-14-6-4-3-5-7-14/h3-11,13H,12H2,1-2H3. The van der Waals surface area contributed by atoms with Crippen LogP contribution in [0.3, 0.4) is 0 Å². The first kappa shape index (κ1) is 16.8. The van der Waals surface area contributed by atoms with Crippen molar-refractivity contribution in [2.45, 2.75) is 19.8 Å². The topological polar surface area (TPSA) is 65.7 Å². The average molecular weight is 338 g/mol. The van der Waals surface area contributed by atoms with Crippen molar-refractivity contribution in [1.29, 1.82) is 0 Å². The maximum atomic E-state index is 11.9. The van der Waals surface area contributed by atoms with Crippen LogP contribution >= 0.6 is 0 Å². The summed E-state index contributed by atoms with van der Waals surface area (Å²) in [6.07, 6.45) is 0. The molecule has 3 aromatic rings. The predicted octanol–water partition coefficient (Wildman–Crippen LogP) is 3.90. The van der Waals surface area contributed by atoms with Gasteiger partial charge < -0.3 is 13.9 Å². The number of hydrogen-bond donors (Lipinski definition) is 0. The molecule has 0 unspecified atom stereocenters. The minimum Gasteiger partial charge on any atom is -0.482 e. The van der Waals surface area contributed by atoms with E-state index >= 15 is 0 Å². The molecule has 0 saturated heterocycles. The van der Waals surface area contributed by atoms with E-state index in [2.05, 4.69) is 0 Å². The normalized spacial score (nSPS) is 10.8. The molecule has 0 amide bonds. The van der Waals surface area contributed by atoms with Gasteiger partial charge in [0.1, 0.15) is 17.1 Å². The lowest BCUT2D eigenvalue weighted by molar-refractivity contribution is -0.136. The Morgan fingerprint density at radius 3 is 2.52 bits per heavy atom. The predicted molar refractivity (Wildman–Crippen MR) is 94.1 cm³/mol. The van der Waals surface area contributed by atoms with Gasteiger partial charge in [-0.3, -0.25) is 0 Å². The quantitative estimate of drug-likeness (QED) is 0.401. The fourth-order valence-corrected chi connectivity index (χ4v) is 2.53. The van der Waals surface area contributed by atoms with E-state index in [9.17, 15) is 9.59 Å². The van der Waals surface area contributed by atoms with Crippen LogP contribution in [0, 0.1) is 0 Å². The third kappa shape index (κ3) is 4.07. The van der Waals surface area contributed by atoms with E-state index in [1.54, 1.807) is 30.3 Å². The molecule has 2 aromatic carbocycles. The van der Waals surface area contributed by atoms with Crippen LogP contribution in [0.25, 0.3) is 11.0 Å². The summed E-state index contributed by atoms with van der Waals surface area (Å²) in [6, 6.07) is 15.5. The number of para-hydroxylation sites is 1. The summed E-state index contributed by atoms with van der Waals surface area (Å²) >= 11 is 0. The summed E-state index contributed by atoms with van der Waals surface area (Å²) in [5.74, 6) is 0.536. The van der Waals surface area contributed by atoms with Gasteiger partial charge in [-0.15, -0.1) is 0 Å². The number of hydrogen-bond acceptors (Lipinski definition) is 5. The highest BCUT2D eigenvalue weighted by Crippen LogP contribution is 2.27. The highest BCUT2D eigenvalue weighted by molar-refractivity contribution is 5.83. The van der Waals surface area contributed by atoms with Gasteiger partial charge in [0.05, 0.1) is 0 Å². The first-order valence-electron chi connectivity index (χ1n) is 7.99. The summed E-state index contributed by atoms with van der Waals surface area (Å²) < 4.78 is 15.8. The van der Waals surface area contributed by atoms with Gasteiger partial charge in [-0.1, -0.05) is 32.0 Å². The van der Waals surface area contributed by atoms with Crippen LogP contribution in [-0.2, 0) is 4.79 Å². The van der Waals surface area contributed by atoms with Crippen molar-refractivity contribution in [2.75, 3.05) is 6.61 Å². The van der Waals surface area contributed by atoms with Crippen molar-refractivity contribution in [3.05, 3.63) is 70.6 Å². The number of carbonyl (C=O) groups is 1. The number of ether oxygens (including phenoxy) is 2. The van der Waals surface area contributed by atoms with Gasteiger partial charge in [-0.2, -0.15) is 0 Å². The van der Waals surface area contributed by atoms with Gasteiger partial charge in [-0.25, -0.2) is 9.59 Å². The Morgan fingerprint density at radius 2 is 1.80 bits per heavy atom. The van der Waals surface area contributed by atoms with E-state index in [1.165, 1.54) is 6.07 Å². The van der Waals surface area contributed by atoms with Gasteiger partial charge in [0.15, 0.2) is 6.61 Å². The molecule has 0 aliphatic carbocycles. The zero-order valence-electron chi connectivity index (χ0n) is 14.0. The fraction of sp³-hybridized carbons (Fsp3) is 0.200. The Balaban J connectivity index is 1.75. The van der Waals surface area contributed by atoms with Gasteiger partial charge in [0.25, 0.3) is 0 Å². The zero-order chi connectivity index (χ0) is 17.8. The van der Waals surface area contributed by atoms with Gasteiger partial charge in [0.2, 0.25) is 0 Å². The molecule has 5 nitrogen and oxygen atoms in total. The van der Waals surface area contributed by atoms with Crippen molar-refractivity contribution in [2.24, 2.45) is 0 Å². The van der Waals surface area contributed by atoms with Crippen LogP contribution in [0.4, 0.5) is 0 Å². The fourth-order valence-electron chi connectivity index (χ4n) is 2.53. The van der Waals surface area contributed by atoms with Crippen LogP contribution in [0.2, 0.25) is 0 Å². The highest BCUT2D eigenvalue weighted by Gasteiger charge is 2.12. The van der Waals surface area contributed by atoms with Gasteiger partial charge in [-0.05, 0) is 35.7 Å². The Kier molecular flexibility index (Phi) is 4.84. The summed E-state index contributed by atoms with van der Waals surface area (Å²) in [6.45, 7) is 3.80. The van der Waals surface area contributed by atoms with Crippen molar-refractivity contribution in [3.8, 4) is 11.5 Å². The molecule has 25 heavy (non-hydrogen) atoms. The molecule has 0 N–H and O–H groups in total. The molecule has 5 heteroatoms. The van der Waals surface area contributed by atoms with Crippen molar-refractivity contribution in [3.63, 3.8) is 0 Å². The lowest BCUT2D eigenvalue weighted by atomic mass is 10.00. The SMILES string of the molecule is CC(C)c1cc(=O)oc2cc(OC(=O)COc3ccccc3)ccc12. The number of rotatable bonds is 5. The summed E-state index contributed by atoms with van der Waals surface area (Å²) in [7, 11) is 0. The molecule has 3 rings (SSSR count). The second-order valence-corrected chi connectivity index (χ2v) is 5.91. The van der Waals surface area contributed by atoms with Crippen LogP contribution in [0.15, 0.2) is 63.8 Å². The third-order valence-corrected chi connectivity index (χ3v) is 3.70. The molecule has 128 valence electrons. The summed E-state index contributed by atoms with van der Waals surface area (Å²) in [5, 5.41) is 0.829. The highest BCUT2D eigenvalue weighted by atomic mass is 16.6. The van der Waals surface area contributed by atoms with Crippen LogP contribution in [0.5, 0.6) is 11.5 Å². The molecule has 0 atom stereocenters. The van der Waals surface area contributed by atoms with Crippen molar-refractivity contribution in [1.82, 2.24) is 0 Å². The largest absolute Gasteiger partial charge is 0.482 e. The molecule has 1 aromatic heterocycles. The Labute approximate surface area is 144 Å². The van der Waals surface area contributed by atoms with E-state index in [0.29, 0.717) is 17.1 Å². The second-order valence-electron chi connectivity index (χ2n) is 5.91. The minimum absolute atomic E-state index is 0.180. The van der Waals surface area contributed by atoms with E-state index in [4.69, 9.17) is 13.9 Å². The molecule has 1 heterocycles. The zero-order valence-corrected chi connectivity index (χ0v) is 14.0. The average Bonchev–Trinajstić information content (AvgIpc) is 2.59. The molecule has 0 bridgehead atoms. The van der Waals surface area contributed by atoms with Crippen LogP contribution in [0.1, 0.15) is 25.3 Å². The van der Waals surface area contributed by atoms with Crippen LogP contribution < -0.4 is 15.1 Å². The molecule has 0 spiro atoms. The first-order valence-corrected chi connectivity index (χ1v) is 7.99. The maximum Gasteiger partial charge on any atom is 0.349 e. The molecule has 0 radical (unpaired) electrons. The third-order valence-electron chi connectivity index (χ3n) is 3.70. The molecular formula is C20H18O5. The van der Waals surface area contributed by atoms with E-state index in [1.807, 2.05) is 32.0 Å². The molecule has 0 fully saturated rings. The number of esters is 1. The number of benzene rings is 2. The maximum absolute atomic E-state index is 11.9. The summed E-state index contributed by atoms with van der Waals surface area (Å²) in [5.41, 5.74) is 0.870. The lowest BCUT2D eigenvalue weighted by Crippen LogP contribution is -2.17. The summed E-state index contributed by atoms with van der Waals surface area (Å²) in [4.78, 5) is 23.6. The first-order chi connectivity index (χ1) is 12.0. The van der Waals surface area contributed by atoms with E-state index < -0.39 is 11.6 Å². The van der Waals surface area contributed by atoms with Gasteiger partial charge >= 0.3 is 11.6 Å². The van der Waals surface area contributed by atoms with Crippen LogP contribution in [-0.4, -0.2) is 12.6 Å².